The molecular weight excluding hydrogens is 921 g/mol. The molecule has 3 aliphatic rings. The molecule has 0 unspecified atom stereocenters. The van der Waals surface area contributed by atoms with Crippen molar-refractivity contribution >= 4 is 41.3 Å². The molecule has 3 fully saturated rings. The zero-order chi connectivity index (χ0) is 52.1. The maximum Gasteiger partial charge on any atom is 0.332 e. The summed E-state index contributed by atoms with van der Waals surface area (Å²) in [7, 11) is 0. The first-order valence-corrected chi connectivity index (χ1v) is 25.6. The molecule has 0 spiro atoms. The topological polar surface area (TPSA) is 204 Å². The number of esters is 1. The van der Waals surface area contributed by atoms with E-state index < -0.39 is 30.0 Å². The van der Waals surface area contributed by atoms with Crippen LogP contribution in [0.2, 0.25) is 0 Å². The third kappa shape index (κ3) is 17.4. The second-order valence-corrected chi connectivity index (χ2v) is 19.5. The van der Waals surface area contributed by atoms with Gasteiger partial charge in [0.15, 0.2) is 11.6 Å². The summed E-state index contributed by atoms with van der Waals surface area (Å²) in [4.78, 5) is 76.0. The number of hydrogen-bond acceptors (Lipinski definition) is 9. The smallest absolute Gasteiger partial charge is 0.332 e. The van der Waals surface area contributed by atoms with Crippen LogP contribution < -0.4 is 16.4 Å². The normalized spacial score (nSPS) is 20.9. The summed E-state index contributed by atoms with van der Waals surface area (Å²) in [6.07, 6.45) is 8.91. The molecule has 5 aromatic rings. The number of carboxylic acid groups (broad SMARTS) is 1. The Morgan fingerprint density at radius 3 is 1.44 bits per heavy atom. The lowest BCUT2D eigenvalue weighted by Gasteiger charge is -2.17. The largest absolute Gasteiger partial charge is 0.481 e. The van der Waals surface area contributed by atoms with Crippen LogP contribution in [0.5, 0.6) is 0 Å². The van der Waals surface area contributed by atoms with Gasteiger partial charge in [0.2, 0.25) is 11.8 Å². The average Bonchev–Trinajstić information content (AvgIpc) is 4.24. The highest BCUT2D eigenvalue weighted by Gasteiger charge is 2.34. The number of carbonyl (C=O) groups is 6. The fraction of sp³-hybridized carbons (Fsp3) is 0.383. The number of nitrogens with zero attached hydrogens (tertiary/aromatic N) is 1. The molecule has 8 rings (SSSR count). The van der Waals surface area contributed by atoms with E-state index in [4.69, 9.17) is 15.6 Å². The molecule has 0 aliphatic heterocycles. The summed E-state index contributed by atoms with van der Waals surface area (Å²) in [5.74, 6) is -0.475. The molecule has 5 aromatic carbocycles. The Labute approximate surface area is 429 Å². The number of benzene rings is 5. The van der Waals surface area contributed by atoms with E-state index >= 15 is 0 Å². The van der Waals surface area contributed by atoms with Gasteiger partial charge in [-0.3, -0.25) is 19.2 Å². The number of rotatable bonds is 17. The van der Waals surface area contributed by atoms with Crippen molar-refractivity contribution < 1.29 is 43.4 Å². The van der Waals surface area contributed by atoms with E-state index in [1.807, 2.05) is 97.1 Å². The Morgan fingerprint density at radius 2 is 1.00 bits per heavy atom. The maximum absolute atomic E-state index is 12.7. The van der Waals surface area contributed by atoms with Gasteiger partial charge in [-0.2, -0.15) is 0 Å². The second kappa shape index (κ2) is 28.0. The van der Waals surface area contributed by atoms with Crippen molar-refractivity contribution in [2.75, 3.05) is 0 Å². The number of aryl methyl sites for hydroxylation is 1. The van der Waals surface area contributed by atoms with Gasteiger partial charge in [-0.1, -0.05) is 151 Å². The van der Waals surface area contributed by atoms with Gasteiger partial charge in [0.05, 0.1) is 12.0 Å². The Bertz CT molecular complexity index is 2590. The fourth-order valence-electron chi connectivity index (χ4n) is 9.88. The lowest BCUT2D eigenvalue weighted by molar-refractivity contribution is -0.149. The zero-order valence-corrected chi connectivity index (χ0v) is 42.2. The predicted octanol–water partition coefficient (Wildman–Crippen LogP) is 9.93. The van der Waals surface area contributed by atoms with Crippen LogP contribution in [0.3, 0.4) is 0 Å². The summed E-state index contributed by atoms with van der Waals surface area (Å²) < 4.78 is 5.29. The highest BCUT2D eigenvalue weighted by molar-refractivity contribution is 5.97. The molecule has 8 atom stereocenters. The first-order valence-electron chi connectivity index (χ1n) is 25.6. The minimum Gasteiger partial charge on any atom is -0.481 e. The van der Waals surface area contributed by atoms with Crippen molar-refractivity contribution in [3.05, 3.63) is 179 Å². The fourth-order valence-corrected chi connectivity index (χ4v) is 9.88. The van der Waals surface area contributed by atoms with Gasteiger partial charge >= 0.3 is 17.9 Å². The van der Waals surface area contributed by atoms with Crippen LogP contribution in [-0.2, 0) is 51.4 Å². The molecule has 0 saturated heterocycles. The molecule has 0 heterocycles. The number of amides is 2. The van der Waals surface area contributed by atoms with Crippen molar-refractivity contribution in [2.45, 2.75) is 128 Å². The van der Waals surface area contributed by atoms with E-state index in [0.29, 0.717) is 36.2 Å². The summed E-state index contributed by atoms with van der Waals surface area (Å²) in [5.41, 5.74) is 12.2. The number of Topliss-reactive ketones (excluding diaryl/α,β-unsaturated/α-hetero) is 1. The molecule has 0 bridgehead atoms. The van der Waals surface area contributed by atoms with Gasteiger partial charge in [0, 0.05) is 30.7 Å². The summed E-state index contributed by atoms with van der Waals surface area (Å²) in [5, 5.41) is 18.2. The average molecular weight is 991 g/mol. The number of oxime groups is 1. The van der Waals surface area contributed by atoms with Gasteiger partial charge in [-0.15, -0.1) is 0 Å². The van der Waals surface area contributed by atoms with Gasteiger partial charge in [0.1, 0.15) is 12.6 Å². The molecule has 13 nitrogen and oxygen atoms in total. The highest BCUT2D eigenvalue weighted by Crippen LogP contribution is 2.40. The van der Waals surface area contributed by atoms with E-state index in [1.165, 1.54) is 23.6 Å². The molecule has 3 aliphatic carbocycles. The predicted molar refractivity (Wildman–Crippen MR) is 281 cm³/mol. The minimum atomic E-state index is -0.637. The van der Waals surface area contributed by atoms with Crippen molar-refractivity contribution in [3.63, 3.8) is 0 Å². The number of nitrogens with two attached hydrogens (primary N) is 1. The molecule has 0 aromatic heterocycles. The standard InChI is InChI=1S/C26H31N3O4.C22H25NO3.C12H14O2/c1-17(28-26(32)23-14-13-22(16-23)20-6-4-3-5-7-20)24(31)15-10-19-8-11-21(12-9-19)25(27)29-33-18(2)30;1-16(22(25)26-15-17-8-4-2-5-9-17)23-21(24)20-13-12-19(14-20)18-10-6-3-7-11-18;13-12(14)11-7-6-10(8-11)9-4-2-1-3-5-9/h3-9,11-12,17,22-23H,10,13-16H2,1-2H3,(H2,27,29)(H,28,32);2-11,16,19-20H,12-15H2,1H3,(H,23,24);1-5,10-11H,6-8H2,(H,13,14)/t17-,22+,23+;16-,19+,20+;10-,11-/m001/s1. The van der Waals surface area contributed by atoms with Crippen molar-refractivity contribution in [3.8, 4) is 0 Å². The number of amidine groups is 1. The van der Waals surface area contributed by atoms with Crippen LogP contribution in [0, 0.1) is 17.8 Å². The SMILES string of the molecule is CC(=O)O/N=C(\N)c1ccc(CCC(=O)[C@H](C)NC(=O)[C@@H]2CC[C@@H](c3ccccc3)C2)cc1.C[C@H](NC(=O)[C@@H]1CC[C@@H](c2ccccc2)C1)C(=O)OCc1ccccc1.O=C(O)[C@@H]1CC[C@@H](c2ccccc2)C1. The molecule has 13 heteroatoms. The van der Waals surface area contributed by atoms with Crippen molar-refractivity contribution in [2.24, 2.45) is 28.6 Å². The number of carboxylic acids is 1. The summed E-state index contributed by atoms with van der Waals surface area (Å²) in [6.45, 7) is 4.89. The Kier molecular flexibility index (Phi) is 21.1. The number of ether oxygens (including phenoxy) is 1. The van der Waals surface area contributed by atoms with E-state index in [9.17, 15) is 28.8 Å². The maximum atomic E-state index is 12.7. The van der Waals surface area contributed by atoms with Crippen molar-refractivity contribution in [1.82, 2.24) is 10.6 Å². The number of nitrogens with one attached hydrogen (secondary N) is 2. The highest BCUT2D eigenvalue weighted by atomic mass is 16.7. The van der Waals surface area contributed by atoms with E-state index in [-0.39, 0.29) is 47.8 Å². The Morgan fingerprint density at radius 1 is 0.575 bits per heavy atom. The van der Waals surface area contributed by atoms with Crippen LogP contribution in [0.15, 0.2) is 151 Å². The number of ketones is 1. The van der Waals surface area contributed by atoms with E-state index in [0.717, 1.165) is 68.9 Å². The Hall–Kier alpha value is -7.41. The molecule has 5 N–H and O–H groups in total. The van der Waals surface area contributed by atoms with Gasteiger partial charge in [-0.05, 0) is 124 Å². The number of carbonyl (C=O) groups excluding carboxylic acids is 5. The molecule has 73 heavy (non-hydrogen) atoms. The van der Waals surface area contributed by atoms with Crippen LogP contribution in [0.1, 0.15) is 136 Å². The third-order valence-electron chi connectivity index (χ3n) is 14.2. The first-order chi connectivity index (χ1) is 35.2. The number of hydrogen-bond donors (Lipinski definition) is 4. The lowest BCUT2D eigenvalue weighted by atomic mass is 9.96. The zero-order valence-electron chi connectivity index (χ0n) is 42.2. The quantitative estimate of drug-likeness (QED) is 0.0228. The molecule has 2 amide bonds. The van der Waals surface area contributed by atoms with Crippen LogP contribution in [-0.4, -0.2) is 58.5 Å². The first kappa shape index (κ1) is 54.9. The van der Waals surface area contributed by atoms with E-state index in [1.54, 1.807) is 26.0 Å². The monoisotopic (exact) mass is 991 g/mol. The lowest BCUT2D eigenvalue weighted by Crippen LogP contribution is -2.42. The van der Waals surface area contributed by atoms with Gasteiger partial charge in [-0.25, -0.2) is 9.59 Å². The van der Waals surface area contributed by atoms with Crippen molar-refractivity contribution in [1.29, 1.82) is 0 Å². The number of aliphatic carboxylic acids is 1. The van der Waals surface area contributed by atoms with Crippen LogP contribution >= 0.6 is 0 Å². The molecule has 0 radical (unpaired) electrons. The van der Waals surface area contributed by atoms with Crippen LogP contribution in [0.25, 0.3) is 0 Å². The minimum absolute atomic E-state index is 0.000896. The summed E-state index contributed by atoms with van der Waals surface area (Å²) >= 11 is 0. The molecule has 384 valence electrons. The Balaban J connectivity index is 0.000000192. The van der Waals surface area contributed by atoms with Crippen LogP contribution in [0.4, 0.5) is 0 Å². The van der Waals surface area contributed by atoms with E-state index in [2.05, 4.69) is 57.0 Å². The summed E-state index contributed by atoms with van der Waals surface area (Å²) in [6, 6.07) is 46.4. The molecular formula is C60H70N4O9. The third-order valence-corrected chi connectivity index (χ3v) is 14.2. The molecule has 3 saturated carbocycles. The van der Waals surface area contributed by atoms with Gasteiger partial charge in [0.25, 0.3) is 0 Å². The van der Waals surface area contributed by atoms with Gasteiger partial charge < -0.3 is 31.0 Å². The second-order valence-electron chi connectivity index (χ2n) is 19.5.